The molecule has 1 saturated heterocycles. The van der Waals surface area contributed by atoms with Crippen molar-refractivity contribution in [3.8, 4) is 0 Å². The topological polar surface area (TPSA) is 83.4 Å². The van der Waals surface area contributed by atoms with E-state index in [1.807, 2.05) is 18.7 Å². The Labute approximate surface area is 212 Å². The molecule has 0 bridgehead atoms. The number of nitrogens with one attached hydrogen (secondary N) is 1. The quantitative estimate of drug-likeness (QED) is 0.475. The van der Waals surface area contributed by atoms with Crippen molar-refractivity contribution in [1.82, 2.24) is 24.3 Å². The van der Waals surface area contributed by atoms with E-state index in [1.165, 1.54) is 11.6 Å². The second-order valence-electron chi connectivity index (χ2n) is 9.63. The Balaban J connectivity index is 1.46. The molecule has 8 nitrogen and oxygen atoms in total. The smallest absolute Gasteiger partial charge is 0.252 e. The van der Waals surface area contributed by atoms with Crippen LogP contribution in [0.3, 0.4) is 0 Å². The van der Waals surface area contributed by atoms with Gasteiger partial charge in [0.05, 0.1) is 6.04 Å². The minimum absolute atomic E-state index is 0.00545. The van der Waals surface area contributed by atoms with Crippen molar-refractivity contribution in [2.45, 2.75) is 52.2 Å². The van der Waals surface area contributed by atoms with Gasteiger partial charge in [-0.15, -0.1) is 0 Å². The van der Waals surface area contributed by atoms with Crippen molar-refractivity contribution < 1.29 is 4.79 Å². The van der Waals surface area contributed by atoms with Crippen LogP contribution in [0.15, 0.2) is 60.0 Å². The van der Waals surface area contributed by atoms with E-state index in [2.05, 4.69) is 64.9 Å². The third kappa shape index (κ3) is 5.33. The summed E-state index contributed by atoms with van der Waals surface area (Å²) in [6.45, 7) is 15.0. The molecule has 1 amide bonds. The Morgan fingerprint density at radius 2 is 1.72 bits per heavy atom. The number of carbonyl (C=O) groups excluding carboxylic acids is 1. The second-order valence-corrected chi connectivity index (χ2v) is 9.63. The van der Waals surface area contributed by atoms with Gasteiger partial charge < -0.3 is 10.2 Å². The highest BCUT2D eigenvalue weighted by Crippen LogP contribution is 2.27. The summed E-state index contributed by atoms with van der Waals surface area (Å²) in [6, 6.07) is 12.3. The Morgan fingerprint density at radius 1 is 1.06 bits per heavy atom. The van der Waals surface area contributed by atoms with Gasteiger partial charge in [0.1, 0.15) is 5.65 Å². The van der Waals surface area contributed by atoms with E-state index >= 15 is 0 Å². The number of aromatic nitrogens is 3. The molecule has 8 heteroatoms. The predicted octanol–water partition coefficient (Wildman–Crippen LogP) is 4.33. The van der Waals surface area contributed by atoms with Gasteiger partial charge in [-0.3, -0.25) is 19.1 Å². The van der Waals surface area contributed by atoms with Crippen LogP contribution in [0.4, 0.5) is 5.95 Å². The number of nitrogens with zero attached hydrogens (tertiary/aromatic N) is 5. The van der Waals surface area contributed by atoms with Gasteiger partial charge in [-0.1, -0.05) is 37.8 Å². The van der Waals surface area contributed by atoms with Gasteiger partial charge in [-0.25, -0.2) is 4.98 Å². The van der Waals surface area contributed by atoms with E-state index in [9.17, 15) is 9.59 Å². The zero-order valence-corrected chi connectivity index (χ0v) is 21.6. The lowest BCUT2D eigenvalue weighted by molar-refractivity contribution is -0.128. The first-order valence-electron chi connectivity index (χ1n) is 12.7. The number of anilines is 1. The molecule has 190 valence electrons. The second kappa shape index (κ2) is 11.0. The van der Waals surface area contributed by atoms with Crippen LogP contribution in [0, 0.1) is 0 Å². The molecule has 1 aliphatic rings. The number of fused-ring (bicyclic) bond motifs is 1. The molecule has 3 heterocycles. The van der Waals surface area contributed by atoms with E-state index in [-0.39, 0.29) is 23.6 Å². The summed E-state index contributed by atoms with van der Waals surface area (Å²) in [5.41, 5.74) is 2.98. The first-order chi connectivity index (χ1) is 17.3. The number of hydrogen-bond acceptors (Lipinski definition) is 6. The summed E-state index contributed by atoms with van der Waals surface area (Å²) in [5.74, 6) is 0.508. The minimum Gasteiger partial charge on any atom is -0.348 e. The highest BCUT2D eigenvalue weighted by Gasteiger charge is 2.25. The number of piperazine rings is 1. The molecule has 0 saturated carbocycles. The number of carbonyl (C=O) groups is 1. The van der Waals surface area contributed by atoms with Crippen LogP contribution in [0.5, 0.6) is 0 Å². The van der Waals surface area contributed by atoms with Crippen LogP contribution in [-0.4, -0.2) is 56.4 Å². The summed E-state index contributed by atoms with van der Waals surface area (Å²) in [5, 5.41) is 4.23. The van der Waals surface area contributed by atoms with Crippen molar-refractivity contribution in [1.29, 1.82) is 0 Å². The molecule has 1 N–H and O–H groups in total. The monoisotopic (exact) mass is 488 g/mol. The van der Waals surface area contributed by atoms with Gasteiger partial charge >= 0.3 is 0 Å². The van der Waals surface area contributed by atoms with Crippen LogP contribution >= 0.6 is 0 Å². The zero-order valence-electron chi connectivity index (χ0n) is 21.6. The summed E-state index contributed by atoms with van der Waals surface area (Å²) in [6.07, 6.45) is 4.16. The number of benzene rings is 1. The van der Waals surface area contributed by atoms with E-state index in [0.29, 0.717) is 17.6 Å². The van der Waals surface area contributed by atoms with Crippen molar-refractivity contribution in [3.05, 3.63) is 76.7 Å². The normalized spacial score (nSPS) is 16.2. The van der Waals surface area contributed by atoms with Gasteiger partial charge in [0.25, 0.3) is 5.56 Å². The molecular weight excluding hydrogens is 452 g/mol. The van der Waals surface area contributed by atoms with Crippen LogP contribution in [-0.2, 0) is 4.79 Å². The lowest BCUT2D eigenvalue weighted by Gasteiger charge is -2.39. The molecule has 1 fully saturated rings. The predicted molar refractivity (Wildman–Crippen MR) is 144 cm³/mol. The zero-order chi connectivity index (χ0) is 25.8. The van der Waals surface area contributed by atoms with E-state index < -0.39 is 0 Å². The summed E-state index contributed by atoms with van der Waals surface area (Å²) >= 11 is 0. The van der Waals surface area contributed by atoms with Crippen LogP contribution in [0.25, 0.3) is 11.0 Å². The minimum atomic E-state index is -0.0648. The molecule has 2 aromatic heterocycles. The summed E-state index contributed by atoms with van der Waals surface area (Å²) in [7, 11) is 0. The fraction of sp³-hybridized carbons (Fsp3) is 0.429. The third-order valence-corrected chi connectivity index (χ3v) is 6.98. The molecular formula is C28H36N6O2. The Bertz CT molecular complexity index is 1280. The number of pyridine rings is 1. The van der Waals surface area contributed by atoms with Gasteiger partial charge in [0.15, 0.2) is 0 Å². The molecule has 3 aromatic rings. The highest BCUT2D eigenvalue weighted by atomic mass is 16.2. The third-order valence-electron chi connectivity index (χ3n) is 6.98. The van der Waals surface area contributed by atoms with Gasteiger partial charge in [-0.05, 0) is 50.5 Å². The fourth-order valence-electron chi connectivity index (χ4n) is 4.98. The standard InChI is InChI=1S/C28H36N6O2/c1-6-24(32-14-16-33(17-15-32)25(35)7-2)22-10-8-21(9-11-22)20(5)30-28-29-18-23-12-13-26(36)34(19(3)4)27(23)31-28/h7-13,18-20,24H,2,6,14-17H2,1,3-5H3,(H,29,30,31). The average Bonchev–Trinajstić information content (AvgIpc) is 2.89. The molecule has 0 radical (unpaired) electrons. The molecule has 0 spiro atoms. The van der Waals surface area contributed by atoms with Crippen LogP contribution in [0.2, 0.25) is 0 Å². The largest absolute Gasteiger partial charge is 0.348 e. The lowest BCUT2D eigenvalue weighted by atomic mass is 9.98. The van der Waals surface area contributed by atoms with E-state index in [4.69, 9.17) is 0 Å². The molecule has 1 aromatic carbocycles. The van der Waals surface area contributed by atoms with E-state index in [1.54, 1.807) is 22.9 Å². The van der Waals surface area contributed by atoms with Gasteiger partial charge in [-0.2, -0.15) is 4.98 Å². The van der Waals surface area contributed by atoms with E-state index in [0.717, 1.165) is 43.5 Å². The highest BCUT2D eigenvalue weighted by molar-refractivity contribution is 5.87. The lowest BCUT2D eigenvalue weighted by Crippen LogP contribution is -2.49. The first kappa shape index (κ1) is 25.6. The molecule has 36 heavy (non-hydrogen) atoms. The van der Waals surface area contributed by atoms with Gasteiger partial charge in [0, 0.05) is 55.9 Å². The molecule has 0 aliphatic carbocycles. The molecule has 1 aliphatic heterocycles. The molecule has 4 rings (SSSR count). The van der Waals surface area contributed by atoms with Crippen LogP contribution in [0.1, 0.15) is 63.4 Å². The Morgan fingerprint density at radius 3 is 2.33 bits per heavy atom. The van der Waals surface area contributed by atoms with Crippen molar-refractivity contribution >= 4 is 22.9 Å². The first-order valence-corrected chi connectivity index (χ1v) is 12.7. The van der Waals surface area contributed by atoms with Crippen LogP contribution < -0.4 is 10.9 Å². The average molecular weight is 489 g/mol. The summed E-state index contributed by atoms with van der Waals surface area (Å²) < 4.78 is 1.69. The maximum Gasteiger partial charge on any atom is 0.252 e. The fourth-order valence-corrected chi connectivity index (χ4v) is 4.98. The number of amides is 1. The Kier molecular flexibility index (Phi) is 7.84. The molecule has 2 unspecified atom stereocenters. The number of rotatable bonds is 8. The van der Waals surface area contributed by atoms with Crippen molar-refractivity contribution in [2.24, 2.45) is 0 Å². The van der Waals surface area contributed by atoms with Crippen molar-refractivity contribution in [3.63, 3.8) is 0 Å². The summed E-state index contributed by atoms with van der Waals surface area (Å²) in [4.78, 5) is 37.7. The SMILES string of the molecule is C=CC(=O)N1CCN(C(CC)c2ccc(C(C)Nc3ncc4ccc(=O)n(C(C)C)c4n3)cc2)CC1. The van der Waals surface area contributed by atoms with Gasteiger partial charge in [0.2, 0.25) is 11.9 Å². The maximum absolute atomic E-state index is 12.4. The maximum atomic E-state index is 12.4. The molecule has 2 atom stereocenters. The Hall–Kier alpha value is -3.52. The van der Waals surface area contributed by atoms with Crippen molar-refractivity contribution in [2.75, 3.05) is 31.5 Å². The number of hydrogen-bond donors (Lipinski definition) is 1.